The molecule has 8 rings (SSSR count). The number of primary amides is 1. The highest BCUT2D eigenvalue weighted by atomic mass is 32.2. The summed E-state index contributed by atoms with van der Waals surface area (Å²) in [6.45, 7) is 4.08. The Hall–Kier alpha value is -6.81. The standard InChI is InChI=1S/C63H91N9O17S/c1-5-35(2)57-60(86)66-29-54(82)67-46-34-90(88)61-44-22-39(59(85)65-30-55(83)70-57)24-48(77)58(37(4)50(79)33-73)69-53(81)28-63(89-42-17-18-43(44)45(27-42)68-61,51-26-41(75)31-71(51)32-49(78)38(23-47(46)76)25-52(64)80)19-13-9-7-6-8-11-15-40(74)16-12-10-14-20-72-56(84)21-36(3)62(72)87/h17-18,27,35-39,41,46,50-51,57-58,68,73,75,79H,5-16,19-26,28-34H2,1-4H3,(H2,64,80)(H,65,85)(H,66,86)(H,67,82)(H,69,81)(H,70,83)/t35-,36?,37-,38-,39-,41+,46-,50-,51-,57-,58-,63?,90?/m0/s1. The van der Waals surface area contributed by atoms with E-state index in [-0.39, 0.29) is 72.1 Å². The maximum absolute atomic E-state index is 15.2. The Labute approximate surface area is 526 Å². The first-order valence-corrected chi connectivity index (χ1v) is 33.2. The van der Waals surface area contributed by atoms with E-state index in [0.717, 1.165) is 12.8 Å². The summed E-state index contributed by atoms with van der Waals surface area (Å²) < 4.78 is 22.4. The van der Waals surface area contributed by atoms with Crippen molar-refractivity contribution in [1.29, 1.82) is 0 Å². The van der Waals surface area contributed by atoms with Gasteiger partial charge in [0.05, 0.1) is 85.1 Å². The summed E-state index contributed by atoms with van der Waals surface area (Å²) in [6, 6.07) is -0.618. The molecule has 1 aromatic heterocycles. The Kier molecular flexibility index (Phi) is 25.5. The van der Waals surface area contributed by atoms with Crippen molar-refractivity contribution < 1.29 is 81.8 Å². The molecule has 2 saturated heterocycles. The van der Waals surface area contributed by atoms with Crippen molar-refractivity contribution in [3.05, 3.63) is 23.8 Å². The quantitative estimate of drug-likeness (QED) is 0.0575. The molecule has 8 amide bonds. The van der Waals surface area contributed by atoms with Gasteiger partial charge in [-0.05, 0) is 68.6 Å². The Morgan fingerprint density at radius 3 is 2.12 bits per heavy atom. The number of carbonyl (C=O) groups is 12. The third kappa shape index (κ3) is 18.5. The number of likely N-dealkylation sites (tertiary alicyclic amines) is 1. The predicted molar refractivity (Wildman–Crippen MR) is 327 cm³/mol. The first-order valence-electron chi connectivity index (χ1n) is 31.9. The van der Waals surface area contributed by atoms with Crippen LogP contribution in [-0.4, -0.2) is 192 Å². The number of carbonyl (C=O) groups excluding carboxylic acids is 12. The maximum atomic E-state index is 15.2. The Morgan fingerprint density at radius 2 is 1.46 bits per heavy atom. The fourth-order valence-corrected chi connectivity index (χ4v) is 14.6. The third-order valence-corrected chi connectivity index (χ3v) is 20.0. The van der Waals surface area contributed by atoms with E-state index in [2.05, 4.69) is 31.6 Å². The number of hydrogen-bond acceptors (Lipinski definition) is 18. The number of aromatic nitrogens is 1. The molecule has 0 radical (unpaired) electrons. The summed E-state index contributed by atoms with van der Waals surface area (Å²) in [7, 11) is -2.32. The Bertz CT molecular complexity index is 3040. The number of Topliss-reactive ketones (excluding diaryl/α,β-unsaturated/α-hetero) is 4. The summed E-state index contributed by atoms with van der Waals surface area (Å²) in [4.78, 5) is 172. The number of H-pyrrole nitrogens is 1. The van der Waals surface area contributed by atoms with E-state index in [1.807, 2.05) is 0 Å². The number of unbranched alkanes of at least 4 members (excludes halogenated alkanes) is 7. The number of amides is 8. The lowest BCUT2D eigenvalue weighted by atomic mass is 9.81. The van der Waals surface area contributed by atoms with Gasteiger partial charge in [-0.3, -0.25) is 71.5 Å². The van der Waals surface area contributed by atoms with Gasteiger partial charge in [0.2, 0.25) is 47.3 Å². The number of aliphatic hydroxyl groups excluding tert-OH is 3. The third-order valence-electron chi connectivity index (χ3n) is 18.6. The molecule has 11 N–H and O–H groups in total. The summed E-state index contributed by atoms with van der Waals surface area (Å²) in [5, 5.41) is 46.5. The number of ketones is 4. The van der Waals surface area contributed by atoms with Crippen LogP contribution in [0.1, 0.15) is 155 Å². The van der Waals surface area contributed by atoms with Crippen LogP contribution >= 0.6 is 0 Å². The second-order valence-corrected chi connectivity index (χ2v) is 26.9. The van der Waals surface area contributed by atoms with Crippen LogP contribution in [0.25, 0.3) is 10.9 Å². The lowest BCUT2D eigenvalue weighted by molar-refractivity contribution is -0.139. The molecule has 496 valence electrons. The van der Waals surface area contributed by atoms with Crippen LogP contribution in [-0.2, 0) is 74.8 Å². The summed E-state index contributed by atoms with van der Waals surface area (Å²) in [5.41, 5.74) is 4.58. The normalized spacial score (nSPS) is 28.2. The minimum absolute atomic E-state index is 0.0452. The van der Waals surface area contributed by atoms with Crippen LogP contribution in [0.3, 0.4) is 0 Å². The lowest BCUT2D eigenvalue weighted by Crippen LogP contribution is -2.58. The molecule has 0 aliphatic carbocycles. The monoisotopic (exact) mass is 1280 g/mol. The molecule has 1 aromatic carbocycles. The second kappa shape index (κ2) is 32.5. The van der Waals surface area contributed by atoms with Gasteiger partial charge in [0.15, 0.2) is 17.3 Å². The van der Waals surface area contributed by atoms with Crippen LogP contribution in [0.4, 0.5) is 0 Å². The van der Waals surface area contributed by atoms with Crippen molar-refractivity contribution in [3.8, 4) is 5.75 Å². The SMILES string of the molecule is CC[C@H](C)[C@@H]1NC(=O)CNC(=O)[C@@H]2CC(=O)[C@H]([C@@H](C)[C@@H](O)CO)NC(=O)CC3(CCCCCCCCC(=O)CCCCCN4C(=O)CC(C)C4=O)Oc4ccc5c(c([nH]c5c4)S(=O)C[C@H](NC(=O)CNC1=O)C(=O)C[C@@H](CC(N)=O)C(=O)CN1C[C@H](O)C[C@H]13)C2. The van der Waals surface area contributed by atoms with Gasteiger partial charge in [-0.1, -0.05) is 66.2 Å². The van der Waals surface area contributed by atoms with E-state index in [1.165, 1.54) is 11.8 Å². The van der Waals surface area contributed by atoms with Gasteiger partial charge in [0.1, 0.15) is 28.2 Å². The maximum Gasteiger partial charge on any atom is 0.243 e. The van der Waals surface area contributed by atoms with Gasteiger partial charge in [-0.25, -0.2) is 0 Å². The molecule has 2 aromatic rings. The molecule has 27 heteroatoms. The van der Waals surface area contributed by atoms with E-state index >= 15 is 13.8 Å². The van der Waals surface area contributed by atoms with Crippen molar-refractivity contribution in [3.63, 3.8) is 0 Å². The number of ether oxygens (including phenoxy) is 1. The van der Waals surface area contributed by atoms with Gasteiger partial charge < -0.3 is 57.4 Å². The molecular weight excluding hydrogens is 1190 g/mol. The van der Waals surface area contributed by atoms with Gasteiger partial charge in [0.25, 0.3) is 0 Å². The first-order chi connectivity index (χ1) is 42.8. The number of fused-ring (bicyclic) bond motifs is 9. The van der Waals surface area contributed by atoms with Crippen molar-refractivity contribution in [2.24, 2.45) is 35.3 Å². The molecular formula is C63H91N9O17S. The highest BCUT2D eigenvalue weighted by molar-refractivity contribution is 7.85. The highest BCUT2D eigenvalue weighted by Crippen LogP contribution is 2.41. The fraction of sp³-hybridized carbons (Fsp3) is 0.683. The minimum atomic E-state index is -2.32. The van der Waals surface area contributed by atoms with Crippen LogP contribution in [0, 0.1) is 29.6 Å². The van der Waals surface area contributed by atoms with Gasteiger partial charge in [-0.2, -0.15) is 0 Å². The van der Waals surface area contributed by atoms with E-state index in [9.17, 15) is 63.3 Å². The minimum Gasteiger partial charge on any atom is -0.485 e. The van der Waals surface area contributed by atoms with Crippen molar-refractivity contribution in [1.82, 2.24) is 41.4 Å². The van der Waals surface area contributed by atoms with Gasteiger partial charge in [-0.15, -0.1) is 0 Å². The smallest absolute Gasteiger partial charge is 0.243 e. The lowest BCUT2D eigenvalue weighted by Gasteiger charge is -2.43. The Morgan fingerprint density at radius 1 is 0.800 bits per heavy atom. The molecule has 90 heavy (non-hydrogen) atoms. The summed E-state index contributed by atoms with van der Waals surface area (Å²) >= 11 is 0. The van der Waals surface area contributed by atoms with E-state index in [4.69, 9.17) is 10.5 Å². The Balaban J connectivity index is 1.26. The number of aliphatic hydroxyl groups is 3. The highest BCUT2D eigenvalue weighted by Gasteiger charge is 2.51. The zero-order chi connectivity index (χ0) is 65.6. The zero-order valence-electron chi connectivity index (χ0n) is 52.1. The van der Waals surface area contributed by atoms with Crippen molar-refractivity contribution in [2.75, 3.05) is 45.1 Å². The predicted octanol–water partition coefficient (Wildman–Crippen LogP) is 0.765. The van der Waals surface area contributed by atoms with Crippen LogP contribution in [0.2, 0.25) is 0 Å². The molecule has 3 unspecified atom stereocenters. The molecule has 0 spiro atoms. The molecule has 7 heterocycles. The molecule has 13 atom stereocenters. The molecule has 8 bridgehead atoms. The summed E-state index contributed by atoms with van der Waals surface area (Å²) in [5.74, 6) is -12.9. The number of benzene rings is 1. The van der Waals surface area contributed by atoms with Gasteiger partial charge >= 0.3 is 0 Å². The zero-order valence-corrected chi connectivity index (χ0v) is 52.9. The first kappa shape index (κ1) is 70.6. The van der Waals surface area contributed by atoms with Crippen molar-refractivity contribution >= 4 is 92.1 Å². The molecule has 6 aliphatic rings. The van der Waals surface area contributed by atoms with Crippen LogP contribution in [0.5, 0.6) is 5.75 Å². The molecule has 0 saturated carbocycles. The number of nitrogens with one attached hydrogen (secondary N) is 6. The second-order valence-electron chi connectivity index (χ2n) is 25.5. The van der Waals surface area contributed by atoms with E-state index in [0.29, 0.717) is 81.7 Å². The van der Waals surface area contributed by atoms with Crippen molar-refractivity contribution in [2.45, 2.75) is 203 Å². The van der Waals surface area contributed by atoms with Crippen LogP contribution in [0.15, 0.2) is 23.2 Å². The number of nitrogens with zero attached hydrogens (tertiary/aromatic N) is 2. The number of rotatable bonds is 22. The van der Waals surface area contributed by atoms with E-state index in [1.54, 1.807) is 43.9 Å². The molecule has 26 nitrogen and oxygen atoms in total. The summed E-state index contributed by atoms with van der Waals surface area (Å²) in [6.07, 6.45) is 1.62. The van der Waals surface area contributed by atoms with E-state index < -0.39 is 187 Å². The number of hydrogen-bond donors (Lipinski definition) is 10. The largest absolute Gasteiger partial charge is 0.485 e. The molecule has 6 aliphatic heterocycles. The topological polar surface area (TPSA) is 400 Å². The average molecular weight is 1280 g/mol. The average Bonchev–Trinajstić information content (AvgIpc) is 1.64. The number of nitrogens with two attached hydrogens (primary N) is 1. The fourth-order valence-electron chi connectivity index (χ4n) is 13.2. The van der Waals surface area contributed by atoms with Gasteiger partial charge in [0, 0.05) is 86.7 Å². The molecule has 2 fully saturated rings. The number of imide groups is 1. The number of aromatic amines is 1. The van der Waals surface area contributed by atoms with Crippen LogP contribution < -0.4 is 37.1 Å².